The molecule has 1 heterocycles. The van der Waals surface area contributed by atoms with Crippen LogP contribution in [0.1, 0.15) is 46.0 Å². The Hall–Kier alpha value is -4.07. The predicted molar refractivity (Wildman–Crippen MR) is 111 cm³/mol. The largest absolute Gasteiger partial charge is 0.478 e. The number of nitrogens with two attached hydrogens (primary N) is 1. The van der Waals surface area contributed by atoms with Crippen LogP contribution in [-0.4, -0.2) is 27.1 Å². The summed E-state index contributed by atoms with van der Waals surface area (Å²) >= 11 is 0. The fraction of sp³-hybridized carbons (Fsp3) is 0.136. The maximum atomic E-state index is 12.3. The number of H-pyrrole nitrogens is 1. The minimum Gasteiger partial charge on any atom is -0.478 e. The fourth-order valence-corrected chi connectivity index (χ4v) is 3.25. The lowest BCUT2D eigenvalue weighted by Gasteiger charge is -2.18. The van der Waals surface area contributed by atoms with E-state index >= 15 is 0 Å². The van der Waals surface area contributed by atoms with Gasteiger partial charge in [-0.25, -0.2) is 9.59 Å². The Morgan fingerprint density at radius 3 is 2.10 bits per heavy atom. The third-order valence-corrected chi connectivity index (χ3v) is 4.59. The van der Waals surface area contributed by atoms with Gasteiger partial charge in [0.1, 0.15) is 28.4 Å². The summed E-state index contributed by atoms with van der Waals surface area (Å²) < 4.78 is 6.07. The maximum absolute atomic E-state index is 12.3. The number of carboxylic acid groups (broad SMARTS) is 2. The molecule has 0 saturated heterocycles. The van der Waals surface area contributed by atoms with Crippen molar-refractivity contribution in [2.45, 2.75) is 19.8 Å². The van der Waals surface area contributed by atoms with Gasteiger partial charge in [0.25, 0.3) is 5.56 Å². The molecule has 0 aliphatic carbocycles. The zero-order valence-electron chi connectivity index (χ0n) is 16.3. The molecule has 0 bridgehead atoms. The molecular formula is C22H20N2O6. The van der Waals surface area contributed by atoms with Crippen LogP contribution in [0.4, 0.5) is 5.82 Å². The van der Waals surface area contributed by atoms with Gasteiger partial charge >= 0.3 is 11.9 Å². The van der Waals surface area contributed by atoms with Crippen molar-refractivity contribution in [3.8, 4) is 22.6 Å². The summed E-state index contributed by atoms with van der Waals surface area (Å²) in [6.07, 6.45) is 0. The molecule has 3 rings (SSSR count). The molecule has 0 unspecified atom stereocenters. The van der Waals surface area contributed by atoms with E-state index in [1.54, 1.807) is 30.3 Å². The Balaban J connectivity index is 2.32. The van der Waals surface area contributed by atoms with E-state index in [4.69, 9.17) is 10.5 Å². The van der Waals surface area contributed by atoms with Crippen LogP contribution < -0.4 is 16.0 Å². The molecular weight excluding hydrogens is 388 g/mol. The minimum absolute atomic E-state index is 0.128. The Kier molecular flexibility index (Phi) is 5.59. The monoisotopic (exact) mass is 408 g/mol. The van der Waals surface area contributed by atoms with E-state index in [9.17, 15) is 24.6 Å². The van der Waals surface area contributed by atoms with Gasteiger partial charge in [-0.2, -0.15) is 0 Å². The zero-order valence-corrected chi connectivity index (χ0v) is 16.3. The number of nitrogen functional groups attached to an aromatic ring is 1. The van der Waals surface area contributed by atoms with Crippen LogP contribution in [0.25, 0.3) is 11.1 Å². The number of aromatic amines is 1. The second kappa shape index (κ2) is 8.12. The summed E-state index contributed by atoms with van der Waals surface area (Å²) in [6, 6.07) is 13.6. The smallest absolute Gasteiger partial charge is 0.342 e. The summed E-state index contributed by atoms with van der Waals surface area (Å²) in [7, 11) is 0. The van der Waals surface area contributed by atoms with Crippen LogP contribution in [0.2, 0.25) is 0 Å². The number of hydrogen-bond donors (Lipinski definition) is 4. The van der Waals surface area contributed by atoms with E-state index in [0.29, 0.717) is 5.75 Å². The Bertz CT molecular complexity index is 1200. The number of hydrogen-bond acceptors (Lipinski definition) is 5. The van der Waals surface area contributed by atoms with Crippen molar-refractivity contribution in [2.75, 3.05) is 5.73 Å². The van der Waals surface area contributed by atoms with Crippen molar-refractivity contribution in [3.05, 3.63) is 75.6 Å². The summed E-state index contributed by atoms with van der Waals surface area (Å²) in [5, 5.41) is 19.3. The Morgan fingerprint density at radius 1 is 0.933 bits per heavy atom. The molecule has 0 amide bonds. The number of carbonyl (C=O) groups is 2. The molecule has 2 aromatic carbocycles. The number of para-hydroxylation sites is 2. The van der Waals surface area contributed by atoms with Gasteiger partial charge in [-0.1, -0.05) is 50.2 Å². The molecule has 0 radical (unpaired) electrons. The molecule has 30 heavy (non-hydrogen) atoms. The first-order valence-electron chi connectivity index (χ1n) is 9.10. The first-order chi connectivity index (χ1) is 14.2. The number of nitrogens with one attached hydrogen (secondary N) is 1. The molecule has 5 N–H and O–H groups in total. The molecule has 0 spiro atoms. The molecule has 0 fully saturated rings. The van der Waals surface area contributed by atoms with Gasteiger partial charge in [0.2, 0.25) is 0 Å². The zero-order chi connectivity index (χ0) is 22.0. The molecule has 0 atom stereocenters. The van der Waals surface area contributed by atoms with E-state index in [1.807, 2.05) is 26.0 Å². The minimum atomic E-state index is -1.58. The van der Waals surface area contributed by atoms with Gasteiger partial charge in [0.05, 0.1) is 0 Å². The molecule has 8 nitrogen and oxygen atoms in total. The fourth-order valence-electron chi connectivity index (χ4n) is 3.25. The standard InChI is InChI=1S/C22H20N2O6/c1-11(2)12-7-3-5-9-14(12)30-15-10-6-4-8-13(15)16-17(21(26)27)19(23)24-20(25)18(16)22(28)29/h3-11H,1-2H3,(H,26,27)(H,28,29)(H3,23,24,25). The van der Waals surface area contributed by atoms with E-state index in [2.05, 4.69) is 4.98 Å². The van der Waals surface area contributed by atoms with Gasteiger partial charge in [-0.3, -0.25) is 4.79 Å². The highest BCUT2D eigenvalue weighted by Gasteiger charge is 2.28. The molecule has 3 aromatic rings. The molecule has 0 aliphatic rings. The van der Waals surface area contributed by atoms with Crippen molar-refractivity contribution in [1.29, 1.82) is 0 Å². The third-order valence-electron chi connectivity index (χ3n) is 4.59. The number of rotatable bonds is 6. The highest BCUT2D eigenvalue weighted by atomic mass is 16.5. The average Bonchev–Trinajstić information content (AvgIpc) is 2.67. The molecule has 0 saturated carbocycles. The quantitative estimate of drug-likeness (QED) is 0.484. The van der Waals surface area contributed by atoms with Crippen molar-refractivity contribution in [1.82, 2.24) is 4.98 Å². The van der Waals surface area contributed by atoms with Crippen molar-refractivity contribution >= 4 is 17.8 Å². The molecule has 154 valence electrons. The first-order valence-corrected chi connectivity index (χ1v) is 9.10. The van der Waals surface area contributed by atoms with E-state index in [1.165, 1.54) is 6.07 Å². The topological polar surface area (TPSA) is 143 Å². The summed E-state index contributed by atoms with van der Waals surface area (Å²) in [5.41, 5.74) is 4.21. The highest BCUT2D eigenvalue weighted by molar-refractivity contribution is 6.08. The van der Waals surface area contributed by atoms with Crippen LogP contribution in [0, 0.1) is 0 Å². The lowest BCUT2D eigenvalue weighted by Crippen LogP contribution is -2.24. The Morgan fingerprint density at radius 2 is 1.50 bits per heavy atom. The van der Waals surface area contributed by atoms with Crippen LogP contribution in [0.15, 0.2) is 53.3 Å². The maximum Gasteiger partial charge on any atom is 0.342 e. The number of aromatic nitrogens is 1. The summed E-state index contributed by atoms with van der Waals surface area (Å²) in [5.74, 6) is -2.62. The van der Waals surface area contributed by atoms with Gasteiger partial charge < -0.3 is 25.7 Å². The van der Waals surface area contributed by atoms with Crippen LogP contribution in [0.3, 0.4) is 0 Å². The highest BCUT2D eigenvalue weighted by Crippen LogP contribution is 2.39. The second-order valence-corrected chi connectivity index (χ2v) is 6.89. The lowest BCUT2D eigenvalue weighted by atomic mass is 9.94. The first kappa shape index (κ1) is 20.7. The van der Waals surface area contributed by atoms with Crippen LogP contribution in [-0.2, 0) is 0 Å². The van der Waals surface area contributed by atoms with Gasteiger partial charge in [0, 0.05) is 11.1 Å². The summed E-state index contributed by atoms with van der Waals surface area (Å²) in [4.78, 5) is 38.1. The van der Waals surface area contributed by atoms with Crippen LogP contribution in [0.5, 0.6) is 11.5 Å². The van der Waals surface area contributed by atoms with Gasteiger partial charge in [-0.05, 0) is 23.6 Å². The van der Waals surface area contributed by atoms with Crippen molar-refractivity contribution in [3.63, 3.8) is 0 Å². The van der Waals surface area contributed by atoms with E-state index < -0.39 is 34.4 Å². The number of anilines is 1. The third kappa shape index (κ3) is 3.75. The number of carboxylic acids is 2. The number of pyridine rings is 1. The summed E-state index contributed by atoms with van der Waals surface area (Å²) in [6.45, 7) is 3.99. The van der Waals surface area contributed by atoms with Crippen molar-refractivity contribution in [2.24, 2.45) is 0 Å². The molecule has 0 aliphatic heterocycles. The van der Waals surface area contributed by atoms with E-state index in [0.717, 1.165) is 5.56 Å². The van der Waals surface area contributed by atoms with Crippen LogP contribution >= 0.6 is 0 Å². The predicted octanol–water partition coefficient (Wildman–Crippen LogP) is 3.94. The normalized spacial score (nSPS) is 10.8. The van der Waals surface area contributed by atoms with Crippen molar-refractivity contribution < 1.29 is 24.5 Å². The number of aromatic carboxylic acids is 2. The average molecular weight is 408 g/mol. The van der Waals surface area contributed by atoms with Gasteiger partial charge in [0.15, 0.2) is 0 Å². The molecule has 8 heteroatoms. The number of ether oxygens (including phenoxy) is 1. The van der Waals surface area contributed by atoms with E-state index in [-0.39, 0.29) is 22.8 Å². The number of benzene rings is 2. The van der Waals surface area contributed by atoms with Gasteiger partial charge in [-0.15, -0.1) is 0 Å². The Labute approximate surface area is 171 Å². The second-order valence-electron chi connectivity index (χ2n) is 6.89. The SMILES string of the molecule is CC(C)c1ccccc1Oc1ccccc1-c1c(C(=O)O)c(N)[nH]c(=O)c1C(=O)O. The molecule has 1 aromatic heterocycles. The lowest BCUT2D eigenvalue weighted by molar-refractivity contribution is 0.0695.